The average Bonchev–Trinajstić information content (AvgIpc) is 3.73. The van der Waals surface area contributed by atoms with Crippen molar-refractivity contribution in [1.82, 2.24) is 20.4 Å². The molecule has 0 atom stereocenters. The molecule has 0 radical (unpaired) electrons. The van der Waals surface area contributed by atoms with Crippen LogP contribution in [0.5, 0.6) is 5.75 Å². The number of hydroxylamine groups is 1. The topological polar surface area (TPSA) is 148 Å². The number of pyridine rings is 1. The molecular formula is C25H31N7O5S. The molecule has 13 heteroatoms. The number of sulfonamides is 1. The minimum atomic E-state index is -3.55. The van der Waals surface area contributed by atoms with E-state index in [1.807, 2.05) is 6.92 Å². The number of carbonyl (C=O) groups is 1. The SMILES string of the molecule is CCONC(=O)c1cnc(Nc2cc(C)nc(C)n2)cc1Nc1ccc(OC)cc1N(C)S(=O)(=O)C1CC1. The van der Waals surface area contributed by atoms with Gasteiger partial charge in [-0.15, -0.1) is 0 Å². The number of hydrogen-bond donors (Lipinski definition) is 3. The highest BCUT2D eigenvalue weighted by molar-refractivity contribution is 7.93. The van der Waals surface area contributed by atoms with Crippen molar-refractivity contribution in [3.8, 4) is 5.75 Å². The van der Waals surface area contributed by atoms with Crippen LogP contribution in [0, 0.1) is 13.8 Å². The first-order valence-corrected chi connectivity index (χ1v) is 13.6. The van der Waals surface area contributed by atoms with E-state index in [0.29, 0.717) is 53.1 Å². The van der Waals surface area contributed by atoms with E-state index in [4.69, 9.17) is 9.57 Å². The van der Waals surface area contributed by atoms with Gasteiger partial charge in [-0.1, -0.05) is 0 Å². The summed E-state index contributed by atoms with van der Waals surface area (Å²) in [6.45, 7) is 5.67. The van der Waals surface area contributed by atoms with Gasteiger partial charge in [0.15, 0.2) is 0 Å². The second-order valence-corrected chi connectivity index (χ2v) is 11.0. The molecule has 0 saturated heterocycles. The van der Waals surface area contributed by atoms with Gasteiger partial charge >= 0.3 is 0 Å². The third kappa shape index (κ3) is 6.11. The van der Waals surface area contributed by atoms with Gasteiger partial charge in [0.1, 0.15) is 23.2 Å². The monoisotopic (exact) mass is 541 g/mol. The highest BCUT2D eigenvalue weighted by Crippen LogP contribution is 2.39. The van der Waals surface area contributed by atoms with Gasteiger partial charge in [-0.05, 0) is 45.7 Å². The van der Waals surface area contributed by atoms with Crippen molar-refractivity contribution in [3.05, 3.63) is 53.6 Å². The summed E-state index contributed by atoms with van der Waals surface area (Å²) in [5.74, 6) is 1.52. The zero-order valence-corrected chi connectivity index (χ0v) is 22.7. The molecule has 38 heavy (non-hydrogen) atoms. The Morgan fingerprint density at radius 1 is 1.08 bits per heavy atom. The number of aryl methyl sites for hydroxylation is 2. The minimum absolute atomic E-state index is 0.188. The zero-order chi connectivity index (χ0) is 27.4. The average molecular weight is 542 g/mol. The molecule has 1 saturated carbocycles. The number of aromatic nitrogens is 3. The van der Waals surface area contributed by atoms with Crippen molar-refractivity contribution in [3.63, 3.8) is 0 Å². The fraction of sp³-hybridized carbons (Fsp3) is 0.360. The summed E-state index contributed by atoms with van der Waals surface area (Å²) >= 11 is 0. The Hall–Kier alpha value is -3.97. The van der Waals surface area contributed by atoms with Gasteiger partial charge < -0.3 is 15.4 Å². The van der Waals surface area contributed by atoms with Gasteiger partial charge in [0.05, 0.1) is 41.6 Å². The van der Waals surface area contributed by atoms with Crippen LogP contribution >= 0.6 is 0 Å². The van der Waals surface area contributed by atoms with Crippen LogP contribution in [0.4, 0.5) is 28.7 Å². The molecule has 2 aromatic heterocycles. The molecule has 1 aliphatic rings. The lowest BCUT2D eigenvalue weighted by Gasteiger charge is -2.24. The Kier molecular flexibility index (Phi) is 7.97. The molecule has 2 heterocycles. The number of amides is 1. The van der Waals surface area contributed by atoms with Gasteiger partial charge in [0.25, 0.3) is 5.91 Å². The predicted molar refractivity (Wildman–Crippen MR) is 145 cm³/mol. The Balaban J connectivity index is 1.75. The number of methoxy groups -OCH3 is 1. The molecule has 1 aliphatic carbocycles. The van der Waals surface area contributed by atoms with Crippen molar-refractivity contribution in [2.24, 2.45) is 0 Å². The van der Waals surface area contributed by atoms with Crippen molar-refractivity contribution < 1.29 is 22.8 Å². The molecule has 0 aliphatic heterocycles. The van der Waals surface area contributed by atoms with Crippen LogP contribution in [0.2, 0.25) is 0 Å². The van der Waals surface area contributed by atoms with Gasteiger partial charge in [0, 0.05) is 37.1 Å². The number of nitrogens with zero attached hydrogens (tertiary/aromatic N) is 4. The van der Waals surface area contributed by atoms with E-state index in [1.165, 1.54) is 24.7 Å². The lowest BCUT2D eigenvalue weighted by atomic mass is 10.2. The van der Waals surface area contributed by atoms with Gasteiger partial charge in [-0.25, -0.2) is 28.8 Å². The predicted octanol–water partition coefficient (Wildman–Crippen LogP) is 3.59. The molecule has 1 amide bonds. The van der Waals surface area contributed by atoms with Crippen LogP contribution in [0.25, 0.3) is 0 Å². The molecule has 202 valence electrons. The van der Waals surface area contributed by atoms with Crippen molar-refractivity contribution >= 4 is 44.6 Å². The smallest absolute Gasteiger partial charge is 0.278 e. The normalized spacial score (nSPS) is 13.1. The third-order valence-electron chi connectivity index (χ3n) is 5.82. The van der Waals surface area contributed by atoms with Gasteiger partial charge in [-0.2, -0.15) is 0 Å². The molecule has 0 spiro atoms. The number of carbonyl (C=O) groups excluding carboxylic acids is 1. The van der Waals surface area contributed by atoms with Crippen LogP contribution < -0.4 is 25.2 Å². The molecular weight excluding hydrogens is 510 g/mol. The van der Waals surface area contributed by atoms with Crippen LogP contribution in [-0.4, -0.2) is 55.3 Å². The Labute approximate surface area is 221 Å². The first-order chi connectivity index (χ1) is 18.1. The highest BCUT2D eigenvalue weighted by atomic mass is 32.2. The molecule has 12 nitrogen and oxygen atoms in total. The van der Waals surface area contributed by atoms with E-state index in [1.54, 1.807) is 44.2 Å². The van der Waals surface area contributed by atoms with E-state index in [2.05, 4.69) is 31.1 Å². The van der Waals surface area contributed by atoms with Crippen LogP contribution in [-0.2, 0) is 14.9 Å². The second kappa shape index (κ2) is 11.2. The maximum absolute atomic E-state index is 13.0. The first-order valence-electron chi connectivity index (χ1n) is 12.1. The summed E-state index contributed by atoms with van der Waals surface area (Å²) in [5.41, 5.74) is 4.55. The van der Waals surface area contributed by atoms with E-state index in [9.17, 15) is 13.2 Å². The fourth-order valence-corrected chi connectivity index (χ4v) is 5.39. The van der Waals surface area contributed by atoms with Crippen molar-refractivity contribution in [1.29, 1.82) is 0 Å². The summed E-state index contributed by atoms with van der Waals surface area (Å²) in [6.07, 6.45) is 2.65. The molecule has 0 bridgehead atoms. The van der Waals surface area contributed by atoms with Crippen molar-refractivity contribution in [2.45, 2.75) is 38.9 Å². The highest BCUT2D eigenvalue weighted by Gasteiger charge is 2.39. The largest absolute Gasteiger partial charge is 0.497 e. The van der Waals surface area contributed by atoms with E-state index in [0.717, 1.165) is 5.69 Å². The standard InChI is InChI=1S/C25H31N7O5S/c1-6-37-31-25(33)19-14-26-23(30-24-11-15(2)27-16(3)28-24)13-21(19)29-20-10-7-17(36-5)12-22(20)32(4)38(34,35)18-8-9-18/h7,10-14,18H,6,8-9H2,1-5H3,(H,31,33)(H2,26,27,28,29,30). The molecule has 1 aromatic carbocycles. The van der Waals surface area contributed by atoms with Crippen LogP contribution in [0.15, 0.2) is 36.5 Å². The number of benzene rings is 1. The lowest BCUT2D eigenvalue weighted by molar-refractivity contribution is 0.0365. The molecule has 3 N–H and O–H groups in total. The molecule has 0 unspecified atom stereocenters. The van der Waals surface area contributed by atoms with Crippen LogP contribution in [0.1, 0.15) is 41.6 Å². The van der Waals surface area contributed by atoms with E-state index < -0.39 is 21.2 Å². The van der Waals surface area contributed by atoms with Crippen LogP contribution in [0.3, 0.4) is 0 Å². The van der Waals surface area contributed by atoms with E-state index >= 15 is 0 Å². The minimum Gasteiger partial charge on any atom is -0.497 e. The third-order valence-corrected chi connectivity index (χ3v) is 8.09. The Bertz CT molecular complexity index is 1420. The summed E-state index contributed by atoms with van der Waals surface area (Å²) in [6, 6.07) is 8.45. The molecule has 3 aromatic rings. The quantitative estimate of drug-likeness (QED) is 0.308. The van der Waals surface area contributed by atoms with E-state index in [-0.39, 0.29) is 12.2 Å². The van der Waals surface area contributed by atoms with Gasteiger partial charge in [0.2, 0.25) is 10.0 Å². The Morgan fingerprint density at radius 2 is 1.84 bits per heavy atom. The van der Waals surface area contributed by atoms with Gasteiger partial charge in [-0.3, -0.25) is 13.9 Å². The number of ether oxygens (including phenoxy) is 1. The number of nitrogens with one attached hydrogen (secondary N) is 3. The summed E-state index contributed by atoms with van der Waals surface area (Å²) in [5, 5.41) is 5.95. The Morgan fingerprint density at radius 3 is 2.50 bits per heavy atom. The lowest BCUT2D eigenvalue weighted by Crippen LogP contribution is -2.30. The number of rotatable bonds is 11. The maximum Gasteiger partial charge on any atom is 0.278 e. The second-order valence-electron chi connectivity index (χ2n) is 8.77. The maximum atomic E-state index is 13.0. The fourth-order valence-electron chi connectivity index (χ4n) is 3.79. The first kappa shape index (κ1) is 27.1. The van der Waals surface area contributed by atoms with Crippen molar-refractivity contribution in [2.75, 3.05) is 35.7 Å². The summed E-state index contributed by atoms with van der Waals surface area (Å²) in [7, 11) is -0.536. The summed E-state index contributed by atoms with van der Waals surface area (Å²) in [4.78, 5) is 31.0. The molecule has 1 fully saturated rings. The molecule has 4 rings (SSSR count). The number of anilines is 5. The summed E-state index contributed by atoms with van der Waals surface area (Å²) < 4.78 is 32.7. The number of hydrogen-bond acceptors (Lipinski definition) is 10. The zero-order valence-electron chi connectivity index (χ0n) is 21.9.